The zero-order chi connectivity index (χ0) is 15.5. The number of carbonyl (C=O) groups is 1. The number of benzene rings is 1. The molecule has 1 aliphatic carbocycles. The highest BCUT2D eigenvalue weighted by Gasteiger charge is 2.24. The quantitative estimate of drug-likeness (QED) is 0.502. The van der Waals surface area contributed by atoms with Gasteiger partial charge in [-0.1, -0.05) is 0 Å². The minimum absolute atomic E-state index is 0.0967. The lowest BCUT2D eigenvalue weighted by atomic mass is 10.1. The number of aromatic nitrogens is 2. The summed E-state index contributed by atoms with van der Waals surface area (Å²) >= 11 is 5.70. The molecule has 1 aromatic heterocycles. The maximum absolute atomic E-state index is 12.2. The Hall–Kier alpha value is -2.34. The lowest BCUT2D eigenvalue weighted by Crippen LogP contribution is -2.25. The van der Waals surface area contributed by atoms with E-state index >= 15 is 0 Å². The fraction of sp³-hybridized carbons (Fsp3) is 0.267. The van der Waals surface area contributed by atoms with Crippen LogP contribution in [-0.2, 0) is 0 Å². The molecule has 1 aromatic carbocycles. The molecule has 1 amide bonds. The zero-order valence-corrected chi connectivity index (χ0v) is 12.6. The molecular formula is C15H16ClN5O. The van der Waals surface area contributed by atoms with E-state index in [-0.39, 0.29) is 11.8 Å². The van der Waals surface area contributed by atoms with Crippen LogP contribution in [0.4, 0.5) is 5.69 Å². The number of imidazole rings is 1. The van der Waals surface area contributed by atoms with E-state index in [9.17, 15) is 4.79 Å². The normalized spacial score (nSPS) is 14.9. The van der Waals surface area contributed by atoms with Gasteiger partial charge < -0.3 is 15.6 Å². The van der Waals surface area contributed by atoms with E-state index in [1.54, 1.807) is 30.9 Å². The molecule has 0 bridgehead atoms. The van der Waals surface area contributed by atoms with Crippen molar-refractivity contribution in [1.29, 1.82) is 0 Å². The largest absolute Gasteiger partial charge is 0.386 e. The number of hydrogen-bond acceptors (Lipinski definition) is 3. The van der Waals surface area contributed by atoms with Crippen LogP contribution in [0, 0.1) is 0 Å². The number of amidine groups is 1. The van der Waals surface area contributed by atoms with Gasteiger partial charge in [-0.25, -0.2) is 9.98 Å². The summed E-state index contributed by atoms with van der Waals surface area (Å²) in [5, 5.41) is 2.96. The first-order chi connectivity index (χ1) is 10.7. The third-order valence-electron chi connectivity index (χ3n) is 3.33. The van der Waals surface area contributed by atoms with Gasteiger partial charge in [0.25, 0.3) is 5.91 Å². The number of halogens is 1. The van der Waals surface area contributed by atoms with Crippen molar-refractivity contribution >= 4 is 29.0 Å². The number of carbonyl (C=O) groups excluding carboxylic acids is 1. The molecule has 1 saturated carbocycles. The minimum atomic E-state index is -0.0967. The van der Waals surface area contributed by atoms with Crippen molar-refractivity contribution in [3.8, 4) is 5.69 Å². The van der Waals surface area contributed by atoms with Crippen LogP contribution < -0.4 is 11.1 Å². The highest BCUT2D eigenvalue weighted by molar-refractivity contribution is 6.28. The van der Waals surface area contributed by atoms with E-state index in [4.69, 9.17) is 17.3 Å². The molecule has 0 atom stereocenters. The fourth-order valence-electron chi connectivity index (χ4n) is 2.06. The molecule has 6 nitrogen and oxygen atoms in total. The molecule has 2 aromatic rings. The first kappa shape index (κ1) is 14.6. The second-order valence-corrected chi connectivity index (χ2v) is 5.43. The Bertz CT molecular complexity index is 707. The highest BCUT2D eigenvalue weighted by atomic mass is 35.5. The molecule has 1 aliphatic rings. The Kier molecular flexibility index (Phi) is 4.11. The minimum Gasteiger partial charge on any atom is -0.386 e. The average molecular weight is 318 g/mol. The van der Waals surface area contributed by atoms with E-state index < -0.39 is 0 Å². The molecule has 7 heteroatoms. The summed E-state index contributed by atoms with van der Waals surface area (Å²) in [6.07, 6.45) is 7.22. The van der Waals surface area contributed by atoms with Gasteiger partial charge in [0.05, 0.1) is 23.6 Å². The second-order valence-electron chi connectivity index (χ2n) is 5.16. The second kappa shape index (κ2) is 6.19. The molecule has 3 rings (SSSR count). The van der Waals surface area contributed by atoms with Crippen LogP contribution in [0.3, 0.4) is 0 Å². The van der Waals surface area contributed by atoms with Crippen LogP contribution in [-0.4, -0.2) is 33.2 Å². The Labute approximate surface area is 133 Å². The molecule has 3 N–H and O–H groups in total. The van der Waals surface area contributed by atoms with Crippen LogP contribution in [0.2, 0.25) is 0 Å². The monoisotopic (exact) mass is 317 g/mol. The van der Waals surface area contributed by atoms with Crippen LogP contribution in [0.15, 0.2) is 41.9 Å². The van der Waals surface area contributed by atoms with Gasteiger partial charge in [0.1, 0.15) is 5.84 Å². The van der Waals surface area contributed by atoms with Gasteiger partial charge in [0.2, 0.25) is 0 Å². The third-order valence-corrected chi connectivity index (χ3v) is 3.61. The Morgan fingerprint density at radius 3 is 2.95 bits per heavy atom. The summed E-state index contributed by atoms with van der Waals surface area (Å²) in [4.78, 5) is 20.5. The van der Waals surface area contributed by atoms with Crippen molar-refractivity contribution in [3.05, 3.63) is 42.5 Å². The van der Waals surface area contributed by atoms with Crippen LogP contribution in [0.1, 0.15) is 23.2 Å². The van der Waals surface area contributed by atoms with Gasteiger partial charge in [0.15, 0.2) is 0 Å². The van der Waals surface area contributed by atoms with Crippen molar-refractivity contribution in [2.75, 3.05) is 5.88 Å². The zero-order valence-electron chi connectivity index (χ0n) is 11.9. The topological polar surface area (TPSA) is 85.3 Å². The van der Waals surface area contributed by atoms with E-state index in [0.29, 0.717) is 23.1 Å². The fourth-order valence-corrected chi connectivity index (χ4v) is 2.11. The van der Waals surface area contributed by atoms with Crippen molar-refractivity contribution in [3.63, 3.8) is 0 Å². The molecular weight excluding hydrogens is 302 g/mol. The van der Waals surface area contributed by atoms with Crippen LogP contribution in [0.5, 0.6) is 0 Å². The summed E-state index contributed by atoms with van der Waals surface area (Å²) < 4.78 is 1.81. The Balaban J connectivity index is 1.98. The van der Waals surface area contributed by atoms with E-state index in [1.165, 1.54) is 0 Å². The number of amides is 1. The van der Waals surface area contributed by atoms with Crippen LogP contribution >= 0.6 is 11.6 Å². The molecule has 0 saturated heterocycles. The third kappa shape index (κ3) is 3.28. The van der Waals surface area contributed by atoms with Crippen molar-refractivity contribution in [2.45, 2.75) is 18.9 Å². The van der Waals surface area contributed by atoms with Crippen molar-refractivity contribution in [1.82, 2.24) is 14.9 Å². The average Bonchev–Trinajstić information content (AvgIpc) is 3.16. The number of nitrogens with two attached hydrogens (primary N) is 1. The van der Waals surface area contributed by atoms with E-state index in [1.807, 2.05) is 10.6 Å². The van der Waals surface area contributed by atoms with Gasteiger partial charge in [-0.2, -0.15) is 0 Å². The predicted molar refractivity (Wildman–Crippen MR) is 86.1 cm³/mol. The van der Waals surface area contributed by atoms with Gasteiger partial charge in [0, 0.05) is 24.0 Å². The molecule has 0 spiro atoms. The smallest absolute Gasteiger partial charge is 0.251 e. The molecule has 1 fully saturated rings. The summed E-state index contributed by atoms with van der Waals surface area (Å²) in [6.45, 7) is 0. The summed E-state index contributed by atoms with van der Waals surface area (Å²) in [7, 11) is 0. The Morgan fingerprint density at radius 2 is 2.32 bits per heavy atom. The van der Waals surface area contributed by atoms with Gasteiger partial charge >= 0.3 is 0 Å². The van der Waals surface area contributed by atoms with Crippen LogP contribution in [0.25, 0.3) is 5.69 Å². The molecule has 0 radical (unpaired) electrons. The highest BCUT2D eigenvalue weighted by Crippen LogP contribution is 2.26. The molecule has 1 heterocycles. The maximum Gasteiger partial charge on any atom is 0.251 e. The lowest BCUT2D eigenvalue weighted by Gasteiger charge is -2.10. The SMILES string of the molecule is NC(CCl)=Nc1cc(C(=O)NC2CC2)ccc1-n1ccnc1. The van der Waals surface area contributed by atoms with Gasteiger partial charge in [-0.3, -0.25) is 4.79 Å². The van der Waals surface area contributed by atoms with Gasteiger partial charge in [-0.15, -0.1) is 11.6 Å². The summed E-state index contributed by atoms with van der Waals surface area (Å²) in [5.74, 6) is 0.324. The van der Waals surface area contributed by atoms with E-state index in [0.717, 1.165) is 18.5 Å². The first-order valence-corrected chi connectivity index (χ1v) is 7.53. The van der Waals surface area contributed by atoms with Gasteiger partial charge in [-0.05, 0) is 31.0 Å². The number of rotatable bonds is 5. The van der Waals surface area contributed by atoms with Crippen molar-refractivity contribution < 1.29 is 4.79 Å². The molecule has 114 valence electrons. The standard InChI is InChI=1S/C15H16ClN5O/c16-8-14(17)20-12-7-10(15(22)19-11-2-3-11)1-4-13(12)21-6-5-18-9-21/h1,4-7,9,11H,2-3,8H2,(H2,17,20)(H,19,22). The molecule has 0 unspecified atom stereocenters. The summed E-state index contributed by atoms with van der Waals surface area (Å²) in [5.41, 5.74) is 7.66. The predicted octanol–water partition coefficient (Wildman–Crippen LogP) is 1.99. The number of hydrogen-bond donors (Lipinski definition) is 2. The lowest BCUT2D eigenvalue weighted by molar-refractivity contribution is 0.0951. The van der Waals surface area contributed by atoms with Crippen molar-refractivity contribution in [2.24, 2.45) is 10.7 Å². The number of nitrogens with zero attached hydrogens (tertiary/aromatic N) is 3. The molecule has 22 heavy (non-hydrogen) atoms. The summed E-state index contributed by atoms with van der Waals surface area (Å²) in [6, 6.07) is 5.61. The first-order valence-electron chi connectivity index (χ1n) is 6.99. The number of aliphatic imine (C=N–C) groups is 1. The number of alkyl halides is 1. The molecule has 0 aliphatic heterocycles. The number of nitrogens with one attached hydrogen (secondary N) is 1. The Morgan fingerprint density at radius 1 is 1.50 bits per heavy atom. The maximum atomic E-state index is 12.2. The van der Waals surface area contributed by atoms with E-state index in [2.05, 4.69) is 15.3 Å².